The number of hydrogen-bond donors (Lipinski definition) is 1. The van der Waals surface area contributed by atoms with Crippen molar-refractivity contribution in [3.8, 4) is 0 Å². The van der Waals surface area contributed by atoms with Gasteiger partial charge in [0, 0.05) is 23.1 Å². The highest BCUT2D eigenvalue weighted by Crippen LogP contribution is 2.45. The van der Waals surface area contributed by atoms with Crippen molar-refractivity contribution >= 4 is 12.0 Å². The summed E-state index contributed by atoms with van der Waals surface area (Å²) in [7, 11) is 0. The molecule has 146 valence electrons. The highest BCUT2D eigenvalue weighted by molar-refractivity contribution is 5.95. The number of halogens is 2. The van der Waals surface area contributed by atoms with Gasteiger partial charge in [0.25, 0.3) is 5.91 Å². The fraction of sp³-hybridized carbons (Fsp3) is 0.217. The number of hydrogen-bond acceptors (Lipinski definition) is 2. The van der Waals surface area contributed by atoms with Crippen molar-refractivity contribution in [2.75, 3.05) is 0 Å². The Hall–Kier alpha value is -3.28. The molecule has 1 amide bonds. The van der Waals surface area contributed by atoms with E-state index in [0.29, 0.717) is 6.42 Å². The van der Waals surface area contributed by atoms with Crippen molar-refractivity contribution < 1.29 is 13.6 Å². The highest BCUT2D eigenvalue weighted by atomic mass is 19.1. The van der Waals surface area contributed by atoms with Crippen LogP contribution >= 0.6 is 0 Å². The molecule has 2 N–H and O–H groups in total. The fourth-order valence-corrected chi connectivity index (χ4v) is 4.24. The van der Waals surface area contributed by atoms with Crippen LogP contribution in [0.25, 0.3) is 6.08 Å². The van der Waals surface area contributed by atoms with Crippen molar-refractivity contribution in [1.82, 2.24) is 9.78 Å². The molecular formula is C23H19F2N3O. The number of allylic oxidation sites excluding steroid dienone is 1. The molecule has 2 aliphatic carbocycles. The van der Waals surface area contributed by atoms with Gasteiger partial charge in [-0.1, -0.05) is 36.4 Å². The molecule has 1 heterocycles. The minimum atomic E-state index is -0.629. The third-order valence-corrected chi connectivity index (χ3v) is 5.88. The van der Waals surface area contributed by atoms with Crippen LogP contribution in [0.2, 0.25) is 0 Å². The molecule has 0 saturated heterocycles. The minimum absolute atomic E-state index is 0.266. The Morgan fingerprint density at radius 1 is 1.00 bits per heavy atom. The number of carbonyl (C=O) groups is 1. The molecule has 1 aromatic heterocycles. The van der Waals surface area contributed by atoms with Gasteiger partial charge in [-0.05, 0) is 48.2 Å². The molecule has 4 nitrogen and oxygen atoms in total. The minimum Gasteiger partial charge on any atom is -0.364 e. The Labute approximate surface area is 166 Å². The van der Waals surface area contributed by atoms with Gasteiger partial charge >= 0.3 is 0 Å². The van der Waals surface area contributed by atoms with E-state index in [9.17, 15) is 13.6 Å². The standard InChI is InChI=1S/C23H19F2N3O/c24-16-5-1-14(2-6-16)23(15-3-7-17(25)8-4-15)12-11-19-20(13-23)28(18-9-10-18)27-21(19)22(26)29/h1-8,11-12,18H,9-10,13H2,(H2,26,29). The van der Waals surface area contributed by atoms with E-state index in [1.807, 2.05) is 16.8 Å². The van der Waals surface area contributed by atoms with Crippen molar-refractivity contribution in [2.24, 2.45) is 5.73 Å². The van der Waals surface area contributed by atoms with Crippen LogP contribution in [0.1, 0.15) is 51.8 Å². The van der Waals surface area contributed by atoms with E-state index in [0.717, 1.165) is 35.2 Å². The zero-order chi connectivity index (χ0) is 20.2. The van der Waals surface area contributed by atoms with E-state index in [1.165, 1.54) is 24.3 Å². The average molecular weight is 391 g/mol. The molecule has 5 rings (SSSR count). The number of amides is 1. The fourth-order valence-electron chi connectivity index (χ4n) is 4.24. The van der Waals surface area contributed by atoms with Gasteiger partial charge in [-0.15, -0.1) is 0 Å². The molecule has 0 spiro atoms. The number of benzene rings is 2. The number of nitrogens with zero attached hydrogens (tertiary/aromatic N) is 2. The summed E-state index contributed by atoms with van der Waals surface area (Å²) in [5, 5.41) is 4.51. The van der Waals surface area contributed by atoms with Crippen molar-refractivity contribution in [2.45, 2.75) is 30.7 Å². The first-order valence-electron chi connectivity index (χ1n) is 9.60. The molecular weight excluding hydrogens is 372 g/mol. The second kappa shape index (κ2) is 6.37. The molecule has 0 aliphatic heterocycles. The van der Waals surface area contributed by atoms with Crippen LogP contribution in [-0.2, 0) is 11.8 Å². The predicted octanol–water partition coefficient (Wildman–Crippen LogP) is 4.15. The van der Waals surface area contributed by atoms with Gasteiger partial charge in [0.05, 0.1) is 6.04 Å². The summed E-state index contributed by atoms with van der Waals surface area (Å²) in [4.78, 5) is 11.9. The lowest BCUT2D eigenvalue weighted by molar-refractivity contribution is 0.0994. The topological polar surface area (TPSA) is 60.9 Å². The summed E-state index contributed by atoms with van der Waals surface area (Å²) >= 11 is 0. The lowest BCUT2D eigenvalue weighted by Gasteiger charge is -2.35. The predicted molar refractivity (Wildman–Crippen MR) is 105 cm³/mol. The summed E-state index contributed by atoms with van der Waals surface area (Å²) in [6.45, 7) is 0. The van der Waals surface area contributed by atoms with E-state index >= 15 is 0 Å². The van der Waals surface area contributed by atoms with E-state index < -0.39 is 11.3 Å². The van der Waals surface area contributed by atoms with E-state index in [4.69, 9.17) is 5.73 Å². The Balaban J connectivity index is 1.72. The monoisotopic (exact) mass is 391 g/mol. The van der Waals surface area contributed by atoms with Crippen LogP contribution in [0.5, 0.6) is 0 Å². The number of primary amides is 1. The summed E-state index contributed by atoms with van der Waals surface area (Å²) in [5.74, 6) is -1.19. The SMILES string of the molecule is NC(=O)c1nn(C2CC2)c2c1C=CC(c1ccc(F)cc1)(c1ccc(F)cc1)C2. The average Bonchev–Trinajstić information content (AvgIpc) is 3.49. The van der Waals surface area contributed by atoms with E-state index in [-0.39, 0.29) is 23.4 Å². The summed E-state index contributed by atoms with van der Waals surface area (Å²) in [6, 6.07) is 13.0. The Morgan fingerprint density at radius 3 is 2.03 bits per heavy atom. The van der Waals surface area contributed by atoms with Crippen molar-refractivity contribution in [1.29, 1.82) is 0 Å². The quantitative estimate of drug-likeness (QED) is 0.726. The van der Waals surface area contributed by atoms with Crippen LogP contribution < -0.4 is 5.73 Å². The van der Waals surface area contributed by atoms with Gasteiger partial charge in [0.2, 0.25) is 0 Å². The first-order chi connectivity index (χ1) is 14.0. The van der Waals surface area contributed by atoms with Crippen LogP contribution in [0, 0.1) is 11.6 Å². The smallest absolute Gasteiger partial charge is 0.269 e. The Morgan fingerprint density at radius 2 is 1.55 bits per heavy atom. The maximum atomic E-state index is 13.6. The summed E-state index contributed by atoms with van der Waals surface area (Å²) < 4.78 is 29.1. The summed E-state index contributed by atoms with van der Waals surface area (Å²) in [5.41, 5.74) is 8.65. The maximum absolute atomic E-state index is 13.6. The third-order valence-electron chi connectivity index (χ3n) is 5.88. The molecule has 2 aromatic carbocycles. The normalized spacial score (nSPS) is 17.2. The molecule has 2 aliphatic rings. The molecule has 0 atom stereocenters. The molecule has 0 radical (unpaired) electrons. The van der Waals surface area contributed by atoms with Crippen molar-refractivity contribution in [3.63, 3.8) is 0 Å². The molecule has 1 saturated carbocycles. The number of carbonyl (C=O) groups excluding carboxylic acids is 1. The van der Waals surface area contributed by atoms with E-state index in [1.54, 1.807) is 24.3 Å². The van der Waals surface area contributed by atoms with Gasteiger partial charge in [-0.25, -0.2) is 8.78 Å². The third kappa shape index (κ3) is 2.87. The van der Waals surface area contributed by atoms with Gasteiger partial charge in [0.15, 0.2) is 5.69 Å². The summed E-state index contributed by atoms with van der Waals surface area (Å²) in [6.07, 6.45) is 6.40. The molecule has 0 bridgehead atoms. The first-order valence-corrected chi connectivity index (χ1v) is 9.60. The zero-order valence-corrected chi connectivity index (χ0v) is 15.6. The van der Waals surface area contributed by atoms with Gasteiger partial charge in [-0.2, -0.15) is 5.10 Å². The largest absolute Gasteiger partial charge is 0.364 e. The van der Waals surface area contributed by atoms with Crippen LogP contribution in [-0.4, -0.2) is 15.7 Å². The highest BCUT2D eigenvalue weighted by Gasteiger charge is 2.40. The molecule has 29 heavy (non-hydrogen) atoms. The lowest BCUT2D eigenvalue weighted by Crippen LogP contribution is -2.31. The van der Waals surface area contributed by atoms with Crippen LogP contribution in [0.3, 0.4) is 0 Å². The van der Waals surface area contributed by atoms with Crippen LogP contribution in [0.4, 0.5) is 8.78 Å². The van der Waals surface area contributed by atoms with E-state index in [2.05, 4.69) is 5.10 Å². The number of rotatable bonds is 4. The maximum Gasteiger partial charge on any atom is 0.269 e. The number of aromatic nitrogens is 2. The molecule has 6 heteroatoms. The molecule has 3 aromatic rings. The molecule has 0 unspecified atom stereocenters. The number of nitrogens with two attached hydrogens (primary N) is 1. The lowest BCUT2D eigenvalue weighted by atomic mass is 9.68. The molecule has 1 fully saturated rings. The van der Waals surface area contributed by atoms with Crippen LogP contribution in [0.15, 0.2) is 54.6 Å². The first kappa shape index (κ1) is 17.8. The van der Waals surface area contributed by atoms with Gasteiger partial charge in [-0.3, -0.25) is 9.48 Å². The number of fused-ring (bicyclic) bond motifs is 1. The second-order valence-corrected chi connectivity index (χ2v) is 7.74. The zero-order valence-electron chi connectivity index (χ0n) is 15.6. The van der Waals surface area contributed by atoms with Crippen molar-refractivity contribution in [3.05, 3.63) is 94.3 Å². The van der Waals surface area contributed by atoms with Gasteiger partial charge in [0.1, 0.15) is 11.6 Å². The Kier molecular flexibility index (Phi) is 3.91. The van der Waals surface area contributed by atoms with Gasteiger partial charge < -0.3 is 5.73 Å². The second-order valence-electron chi connectivity index (χ2n) is 7.74. The Bertz CT molecular complexity index is 1080.